The molecule has 0 atom stereocenters. The summed E-state index contributed by atoms with van der Waals surface area (Å²) in [6, 6.07) is 2.70. The molecule has 1 aromatic carbocycles. The van der Waals surface area contributed by atoms with E-state index in [1.54, 1.807) is 6.08 Å². The second-order valence-electron chi connectivity index (χ2n) is 2.88. The number of rotatable bonds is 4. The Morgan fingerprint density at radius 3 is 2.87 bits per heavy atom. The molecule has 80 valence electrons. The van der Waals surface area contributed by atoms with Gasteiger partial charge in [-0.2, -0.15) is 0 Å². The molecule has 0 N–H and O–H groups in total. The summed E-state index contributed by atoms with van der Waals surface area (Å²) in [5.74, 6) is -2.41. The molecule has 1 aromatic rings. The number of allylic oxidation sites excluding steroid dienone is 1. The number of hydrogen-bond donors (Lipinski definition) is 0. The Hall–Kier alpha value is -1.71. The van der Waals surface area contributed by atoms with Crippen LogP contribution in [-0.4, -0.2) is 5.97 Å². The number of ether oxygens (including phenoxy) is 1. The molecule has 0 aromatic heterocycles. The third kappa shape index (κ3) is 3.50. The summed E-state index contributed by atoms with van der Waals surface area (Å²) in [6.07, 6.45) is 2.08. The maximum Gasteiger partial charge on any atom is 0.311 e. The second kappa shape index (κ2) is 5.24. The highest BCUT2D eigenvalue weighted by Crippen LogP contribution is 2.18. The van der Waals surface area contributed by atoms with Crippen LogP contribution in [0.25, 0.3) is 0 Å². The molecule has 0 amide bonds. The van der Waals surface area contributed by atoms with E-state index >= 15 is 0 Å². The van der Waals surface area contributed by atoms with Gasteiger partial charge in [-0.25, -0.2) is 8.78 Å². The van der Waals surface area contributed by atoms with Crippen LogP contribution >= 0.6 is 0 Å². The molecule has 0 spiro atoms. The first kappa shape index (κ1) is 11.4. The first-order valence-electron chi connectivity index (χ1n) is 4.40. The van der Waals surface area contributed by atoms with Gasteiger partial charge in [-0.15, -0.1) is 6.58 Å². The summed E-state index contributed by atoms with van der Waals surface area (Å²) in [7, 11) is 0. The SMILES string of the molecule is C=CCCC(=O)Oc1cc(F)ccc1F. The van der Waals surface area contributed by atoms with E-state index < -0.39 is 17.6 Å². The number of halogens is 2. The van der Waals surface area contributed by atoms with E-state index in [0.29, 0.717) is 6.42 Å². The molecule has 4 heteroatoms. The first-order valence-corrected chi connectivity index (χ1v) is 4.40. The van der Waals surface area contributed by atoms with Crippen molar-refractivity contribution in [1.82, 2.24) is 0 Å². The van der Waals surface area contributed by atoms with Crippen LogP contribution in [0, 0.1) is 11.6 Å². The maximum atomic E-state index is 13.0. The Balaban J connectivity index is 2.67. The van der Waals surface area contributed by atoms with Crippen molar-refractivity contribution in [3.05, 3.63) is 42.5 Å². The lowest BCUT2D eigenvalue weighted by atomic mass is 10.3. The molecule has 0 aliphatic rings. The van der Waals surface area contributed by atoms with Crippen LogP contribution in [0.3, 0.4) is 0 Å². The average molecular weight is 212 g/mol. The van der Waals surface area contributed by atoms with Crippen LogP contribution < -0.4 is 4.74 Å². The van der Waals surface area contributed by atoms with Gasteiger partial charge in [0.25, 0.3) is 0 Å². The lowest BCUT2D eigenvalue weighted by molar-refractivity contribution is -0.134. The zero-order chi connectivity index (χ0) is 11.3. The second-order valence-corrected chi connectivity index (χ2v) is 2.88. The van der Waals surface area contributed by atoms with E-state index in [9.17, 15) is 13.6 Å². The van der Waals surface area contributed by atoms with Crippen LogP contribution in [0.5, 0.6) is 5.75 Å². The van der Waals surface area contributed by atoms with Gasteiger partial charge in [0.1, 0.15) is 5.82 Å². The van der Waals surface area contributed by atoms with Gasteiger partial charge in [0, 0.05) is 12.5 Å². The van der Waals surface area contributed by atoms with Crippen molar-refractivity contribution in [3.8, 4) is 5.75 Å². The zero-order valence-electron chi connectivity index (χ0n) is 8.00. The third-order valence-corrected chi connectivity index (χ3v) is 1.67. The van der Waals surface area contributed by atoms with E-state index in [1.165, 1.54) is 0 Å². The number of carbonyl (C=O) groups excluding carboxylic acids is 1. The van der Waals surface area contributed by atoms with Gasteiger partial charge < -0.3 is 4.74 Å². The molecule has 1 rings (SSSR count). The number of hydrogen-bond acceptors (Lipinski definition) is 2. The molecule has 2 nitrogen and oxygen atoms in total. The van der Waals surface area contributed by atoms with Crippen molar-refractivity contribution in [2.24, 2.45) is 0 Å². The predicted molar refractivity (Wildman–Crippen MR) is 51.4 cm³/mol. The minimum atomic E-state index is -0.761. The third-order valence-electron chi connectivity index (χ3n) is 1.67. The van der Waals surface area contributed by atoms with Crippen LogP contribution in [-0.2, 0) is 4.79 Å². The van der Waals surface area contributed by atoms with Crippen molar-refractivity contribution in [3.63, 3.8) is 0 Å². The summed E-state index contributed by atoms with van der Waals surface area (Å²) in [4.78, 5) is 11.1. The fourth-order valence-electron chi connectivity index (χ4n) is 0.949. The molecule has 0 aliphatic carbocycles. The molecule has 0 bridgehead atoms. The summed E-state index contributed by atoms with van der Waals surface area (Å²) < 4.78 is 30.3. The predicted octanol–water partition coefficient (Wildman–Crippen LogP) is 2.84. The fourth-order valence-corrected chi connectivity index (χ4v) is 0.949. The van der Waals surface area contributed by atoms with E-state index in [2.05, 4.69) is 11.3 Å². The van der Waals surface area contributed by atoms with Gasteiger partial charge in [-0.05, 0) is 18.6 Å². The quantitative estimate of drug-likeness (QED) is 0.436. The molecule has 0 unspecified atom stereocenters. The van der Waals surface area contributed by atoms with E-state index in [0.717, 1.165) is 18.2 Å². The van der Waals surface area contributed by atoms with Gasteiger partial charge in [0.05, 0.1) is 0 Å². The van der Waals surface area contributed by atoms with Gasteiger partial charge in [0.2, 0.25) is 0 Å². The number of esters is 1. The van der Waals surface area contributed by atoms with Crippen molar-refractivity contribution in [2.45, 2.75) is 12.8 Å². The summed E-state index contributed by atoms with van der Waals surface area (Å²) in [5, 5.41) is 0. The normalized spacial score (nSPS) is 9.73. The van der Waals surface area contributed by atoms with Crippen LogP contribution in [0.1, 0.15) is 12.8 Å². The van der Waals surface area contributed by atoms with Gasteiger partial charge in [0.15, 0.2) is 11.6 Å². The van der Waals surface area contributed by atoms with Crippen molar-refractivity contribution in [1.29, 1.82) is 0 Å². The minimum Gasteiger partial charge on any atom is -0.423 e. The smallest absolute Gasteiger partial charge is 0.311 e. The van der Waals surface area contributed by atoms with Crippen molar-refractivity contribution >= 4 is 5.97 Å². The first-order chi connectivity index (χ1) is 7.13. The number of carbonyl (C=O) groups is 1. The molecule has 15 heavy (non-hydrogen) atoms. The Labute approximate surface area is 86.2 Å². The Bertz CT molecular complexity index is 375. The molecule has 0 aliphatic heterocycles. The molecule has 0 heterocycles. The van der Waals surface area contributed by atoms with E-state index in [4.69, 9.17) is 0 Å². The van der Waals surface area contributed by atoms with E-state index in [1.807, 2.05) is 0 Å². The van der Waals surface area contributed by atoms with Gasteiger partial charge in [-0.3, -0.25) is 4.79 Å². The van der Waals surface area contributed by atoms with Gasteiger partial charge >= 0.3 is 5.97 Å². The Morgan fingerprint density at radius 2 is 2.20 bits per heavy atom. The molecule has 0 saturated heterocycles. The van der Waals surface area contributed by atoms with Crippen molar-refractivity contribution < 1.29 is 18.3 Å². The summed E-state index contributed by atoms with van der Waals surface area (Å²) >= 11 is 0. The molecule has 0 saturated carbocycles. The van der Waals surface area contributed by atoms with Crippen LogP contribution in [0.4, 0.5) is 8.78 Å². The molecule has 0 radical (unpaired) electrons. The van der Waals surface area contributed by atoms with Gasteiger partial charge in [-0.1, -0.05) is 6.08 Å². The largest absolute Gasteiger partial charge is 0.423 e. The molecular weight excluding hydrogens is 202 g/mol. The number of benzene rings is 1. The molecular formula is C11H10F2O2. The summed E-state index contributed by atoms with van der Waals surface area (Å²) in [5.41, 5.74) is 0. The summed E-state index contributed by atoms with van der Waals surface area (Å²) in [6.45, 7) is 3.43. The van der Waals surface area contributed by atoms with Crippen LogP contribution in [0.2, 0.25) is 0 Å². The Morgan fingerprint density at radius 1 is 1.47 bits per heavy atom. The average Bonchev–Trinajstić information content (AvgIpc) is 2.20. The highest BCUT2D eigenvalue weighted by molar-refractivity contribution is 5.72. The highest BCUT2D eigenvalue weighted by Gasteiger charge is 2.09. The van der Waals surface area contributed by atoms with Crippen LogP contribution in [0.15, 0.2) is 30.9 Å². The zero-order valence-corrected chi connectivity index (χ0v) is 8.00. The van der Waals surface area contributed by atoms with E-state index in [-0.39, 0.29) is 12.2 Å². The monoisotopic (exact) mass is 212 g/mol. The van der Waals surface area contributed by atoms with Crippen molar-refractivity contribution in [2.75, 3.05) is 0 Å². The minimum absolute atomic E-state index is 0.0967. The topological polar surface area (TPSA) is 26.3 Å². The molecule has 0 fully saturated rings. The highest BCUT2D eigenvalue weighted by atomic mass is 19.1. The fraction of sp³-hybridized carbons (Fsp3) is 0.182. The lowest BCUT2D eigenvalue weighted by Gasteiger charge is -2.04. The lowest BCUT2D eigenvalue weighted by Crippen LogP contribution is -2.08. The maximum absolute atomic E-state index is 13.0. The Kier molecular flexibility index (Phi) is 3.97. The standard InChI is InChI=1S/C11H10F2O2/c1-2-3-4-11(14)15-10-7-8(12)5-6-9(10)13/h2,5-7H,1,3-4H2.